The predicted octanol–water partition coefficient (Wildman–Crippen LogP) is 2.73. The maximum Gasteiger partial charge on any atom is 0.195 e. The molecule has 2 N–H and O–H groups in total. The zero-order valence-corrected chi connectivity index (χ0v) is 20.5. The van der Waals surface area contributed by atoms with E-state index in [1.165, 1.54) is 39.1 Å². The molecule has 0 bridgehead atoms. The first-order valence-corrected chi connectivity index (χ1v) is 10.3. The van der Waals surface area contributed by atoms with E-state index in [4.69, 9.17) is 9.47 Å². The molecule has 1 fully saturated rings. The Hall–Kier alpha value is -1.10. The van der Waals surface area contributed by atoms with Crippen LogP contribution in [0.5, 0.6) is 5.75 Å². The van der Waals surface area contributed by atoms with E-state index >= 15 is 0 Å². The standard InChI is InChI=1S/C21H37N5O2.HI/c1-22-21(23-10-4-5-11-26-14-12-25(2)13-15-26)24-19-8-6-9-20(18-19)28-17-7-16-27-3;/h6,8-9,18H,4-5,7,10-17H2,1-3H3,(H2,22,23,24);1H. The summed E-state index contributed by atoms with van der Waals surface area (Å²) in [6, 6.07) is 7.96. The second kappa shape index (κ2) is 15.7. The Labute approximate surface area is 193 Å². The normalized spacial score (nSPS) is 15.6. The molecular weight excluding hydrogens is 481 g/mol. The fourth-order valence-corrected chi connectivity index (χ4v) is 3.11. The second-order valence-electron chi connectivity index (χ2n) is 7.20. The van der Waals surface area contributed by atoms with Crippen molar-refractivity contribution in [2.24, 2.45) is 4.99 Å². The van der Waals surface area contributed by atoms with Crippen LogP contribution in [0, 0.1) is 0 Å². The summed E-state index contributed by atoms with van der Waals surface area (Å²) in [6.45, 7) is 8.22. The van der Waals surface area contributed by atoms with Crippen molar-refractivity contribution in [3.63, 3.8) is 0 Å². The van der Waals surface area contributed by atoms with E-state index in [9.17, 15) is 0 Å². The molecule has 1 aromatic carbocycles. The number of anilines is 1. The summed E-state index contributed by atoms with van der Waals surface area (Å²) in [7, 11) is 5.70. The highest BCUT2D eigenvalue weighted by molar-refractivity contribution is 14.0. The van der Waals surface area contributed by atoms with Gasteiger partial charge in [-0.15, -0.1) is 24.0 Å². The number of methoxy groups -OCH3 is 1. The van der Waals surface area contributed by atoms with Crippen LogP contribution in [0.15, 0.2) is 29.3 Å². The Kier molecular flexibility index (Phi) is 14.0. The number of ether oxygens (including phenoxy) is 2. The van der Waals surface area contributed by atoms with Gasteiger partial charge in [0.15, 0.2) is 5.96 Å². The molecule has 0 atom stereocenters. The summed E-state index contributed by atoms with van der Waals surface area (Å²) < 4.78 is 10.8. The second-order valence-corrected chi connectivity index (χ2v) is 7.20. The first-order valence-electron chi connectivity index (χ1n) is 10.3. The van der Waals surface area contributed by atoms with E-state index in [2.05, 4.69) is 32.5 Å². The van der Waals surface area contributed by atoms with Gasteiger partial charge in [0.05, 0.1) is 6.61 Å². The van der Waals surface area contributed by atoms with Crippen LogP contribution in [0.3, 0.4) is 0 Å². The van der Waals surface area contributed by atoms with Gasteiger partial charge in [-0.3, -0.25) is 4.99 Å². The molecule has 1 heterocycles. The average molecular weight is 519 g/mol. The van der Waals surface area contributed by atoms with Crippen molar-refractivity contribution in [2.75, 3.05) is 79.0 Å². The van der Waals surface area contributed by atoms with Gasteiger partial charge < -0.3 is 29.9 Å². The van der Waals surface area contributed by atoms with Gasteiger partial charge in [-0.05, 0) is 38.6 Å². The molecule has 1 saturated heterocycles. The van der Waals surface area contributed by atoms with Crippen molar-refractivity contribution in [1.82, 2.24) is 15.1 Å². The lowest BCUT2D eigenvalue weighted by atomic mass is 10.2. The maximum atomic E-state index is 5.75. The number of rotatable bonds is 11. The SMILES string of the molecule is CN=C(NCCCCN1CCN(C)CC1)Nc1cccc(OCCCOC)c1.I. The third kappa shape index (κ3) is 11.0. The zero-order chi connectivity index (χ0) is 20.0. The molecule has 0 aromatic heterocycles. The van der Waals surface area contributed by atoms with Gasteiger partial charge in [0.1, 0.15) is 5.75 Å². The van der Waals surface area contributed by atoms with Gasteiger partial charge in [-0.2, -0.15) is 0 Å². The number of halogens is 1. The Morgan fingerprint density at radius 2 is 1.90 bits per heavy atom. The minimum atomic E-state index is 0. The number of hydrogen-bond donors (Lipinski definition) is 2. The van der Waals surface area contributed by atoms with E-state index in [1.54, 1.807) is 14.2 Å². The summed E-state index contributed by atoms with van der Waals surface area (Å²) in [5.41, 5.74) is 0.967. The third-order valence-corrected chi connectivity index (χ3v) is 4.87. The van der Waals surface area contributed by atoms with Gasteiger partial charge >= 0.3 is 0 Å². The monoisotopic (exact) mass is 519 g/mol. The molecule has 0 aliphatic carbocycles. The van der Waals surface area contributed by atoms with Gasteiger partial charge in [0, 0.05) is 71.7 Å². The molecule has 2 rings (SSSR count). The highest BCUT2D eigenvalue weighted by atomic mass is 127. The van der Waals surface area contributed by atoms with Crippen LogP contribution in [0.25, 0.3) is 0 Å². The molecule has 0 radical (unpaired) electrons. The van der Waals surface area contributed by atoms with Gasteiger partial charge in [0.2, 0.25) is 0 Å². The minimum Gasteiger partial charge on any atom is -0.493 e. The number of aliphatic imine (C=N–C) groups is 1. The molecule has 8 heteroatoms. The van der Waals surface area contributed by atoms with Crippen molar-refractivity contribution >= 4 is 35.6 Å². The number of piperazine rings is 1. The van der Waals surface area contributed by atoms with E-state index in [0.717, 1.165) is 36.8 Å². The van der Waals surface area contributed by atoms with Crippen molar-refractivity contribution in [2.45, 2.75) is 19.3 Å². The van der Waals surface area contributed by atoms with Crippen LogP contribution >= 0.6 is 24.0 Å². The third-order valence-electron chi connectivity index (χ3n) is 4.87. The molecule has 0 amide bonds. The molecule has 0 unspecified atom stereocenters. The van der Waals surface area contributed by atoms with Crippen molar-refractivity contribution in [3.8, 4) is 5.75 Å². The van der Waals surface area contributed by atoms with Gasteiger partial charge in [-0.1, -0.05) is 6.07 Å². The average Bonchev–Trinajstić information content (AvgIpc) is 2.72. The van der Waals surface area contributed by atoms with Crippen LogP contribution < -0.4 is 15.4 Å². The summed E-state index contributed by atoms with van der Waals surface area (Å²) in [6.07, 6.45) is 3.22. The van der Waals surface area contributed by atoms with Crippen molar-refractivity contribution < 1.29 is 9.47 Å². The summed E-state index contributed by atoms with van der Waals surface area (Å²) in [5, 5.41) is 6.73. The molecule has 29 heavy (non-hydrogen) atoms. The fourth-order valence-electron chi connectivity index (χ4n) is 3.11. The maximum absolute atomic E-state index is 5.75. The molecule has 0 spiro atoms. The van der Waals surface area contributed by atoms with Crippen LogP contribution in [-0.4, -0.2) is 89.4 Å². The molecular formula is C21H38IN5O2. The topological polar surface area (TPSA) is 61.4 Å². The first-order chi connectivity index (χ1) is 13.7. The number of nitrogens with zero attached hydrogens (tertiary/aromatic N) is 3. The van der Waals surface area contributed by atoms with Crippen molar-refractivity contribution in [1.29, 1.82) is 0 Å². The Bertz CT molecular complexity index is 580. The minimum absolute atomic E-state index is 0. The summed E-state index contributed by atoms with van der Waals surface area (Å²) in [5.74, 6) is 1.64. The summed E-state index contributed by atoms with van der Waals surface area (Å²) >= 11 is 0. The Balaban J connectivity index is 0.00000420. The number of unbranched alkanes of at least 4 members (excludes halogenated alkanes) is 1. The zero-order valence-electron chi connectivity index (χ0n) is 18.2. The van der Waals surface area contributed by atoms with Crippen LogP contribution in [-0.2, 0) is 4.74 Å². The smallest absolute Gasteiger partial charge is 0.195 e. The van der Waals surface area contributed by atoms with Crippen molar-refractivity contribution in [3.05, 3.63) is 24.3 Å². The highest BCUT2D eigenvalue weighted by Crippen LogP contribution is 2.17. The summed E-state index contributed by atoms with van der Waals surface area (Å²) in [4.78, 5) is 9.27. The number of hydrogen-bond acceptors (Lipinski definition) is 5. The largest absolute Gasteiger partial charge is 0.493 e. The number of likely N-dealkylation sites (N-methyl/N-ethyl adjacent to an activating group) is 1. The molecule has 1 aliphatic rings. The molecule has 1 aliphatic heterocycles. The Morgan fingerprint density at radius 1 is 1.10 bits per heavy atom. The van der Waals surface area contributed by atoms with E-state index in [0.29, 0.717) is 13.2 Å². The first kappa shape index (κ1) is 25.9. The van der Waals surface area contributed by atoms with Crippen LogP contribution in [0.2, 0.25) is 0 Å². The number of benzene rings is 1. The van der Waals surface area contributed by atoms with Gasteiger partial charge in [0.25, 0.3) is 0 Å². The van der Waals surface area contributed by atoms with Crippen LogP contribution in [0.4, 0.5) is 5.69 Å². The Morgan fingerprint density at radius 3 is 2.62 bits per heavy atom. The quantitative estimate of drug-likeness (QED) is 0.203. The van der Waals surface area contributed by atoms with E-state index in [-0.39, 0.29) is 24.0 Å². The lowest BCUT2D eigenvalue weighted by molar-refractivity contribution is 0.152. The van der Waals surface area contributed by atoms with Gasteiger partial charge in [-0.25, -0.2) is 0 Å². The number of guanidine groups is 1. The molecule has 0 saturated carbocycles. The van der Waals surface area contributed by atoms with E-state index < -0.39 is 0 Å². The predicted molar refractivity (Wildman–Crippen MR) is 132 cm³/mol. The lowest BCUT2D eigenvalue weighted by Gasteiger charge is -2.32. The fraction of sp³-hybridized carbons (Fsp3) is 0.667. The molecule has 1 aromatic rings. The highest BCUT2D eigenvalue weighted by Gasteiger charge is 2.12. The lowest BCUT2D eigenvalue weighted by Crippen LogP contribution is -2.44. The van der Waals surface area contributed by atoms with E-state index in [1.807, 2.05) is 24.3 Å². The molecule has 166 valence electrons. The van der Waals surface area contributed by atoms with Crippen LogP contribution in [0.1, 0.15) is 19.3 Å². The molecule has 7 nitrogen and oxygen atoms in total. The number of nitrogens with one attached hydrogen (secondary N) is 2.